The van der Waals surface area contributed by atoms with E-state index in [0.29, 0.717) is 6.61 Å². The van der Waals surface area contributed by atoms with Gasteiger partial charge in [-0.2, -0.15) is 0 Å². The van der Waals surface area contributed by atoms with Crippen molar-refractivity contribution in [2.75, 3.05) is 6.61 Å². The normalized spacial score (nSPS) is 20.9. The molecule has 0 spiro atoms. The lowest BCUT2D eigenvalue weighted by atomic mass is 9.78. The van der Waals surface area contributed by atoms with Crippen molar-refractivity contribution in [3.05, 3.63) is 66.7 Å². The lowest BCUT2D eigenvalue weighted by Crippen LogP contribution is -2.11. The molecular formula is C22H26O. The van der Waals surface area contributed by atoms with Gasteiger partial charge < -0.3 is 4.74 Å². The van der Waals surface area contributed by atoms with Crippen LogP contribution >= 0.6 is 0 Å². The van der Waals surface area contributed by atoms with E-state index in [4.69, 9.17) is 4.74 Å². The molecule has 0 unspecified atom stereocenters. The number of hydrogen-bond acceptors (Lipinski definition) is 1. The lowest BCUT2D eigenvalue weighted by molar-refractivity contribution is 0.340. The van der Waals surface area contributed by atoms with Crippen molar-refractivity contribution < 1.29 is 4.74 Å². The van der Waals surface area contributed by atoms with E-state index < -0.39 is 0 Å². The first-order valence-corrected chi connectivity index (χ1v) is 8.76. The number of rotatable bonds is 5. The van der Waals surface area contributed by atoms with E-state index in [2.05, 4.69) is 49.1 Å². The Morgan fingerprint density at radius 2 is 1.48 bits per heavy atom. The molecule has 1 aliphatic carbocycles. The highest BCUT2D eigenvalue weighted by molar-refractivity contribution is 5.64. The van der Waals surface area contributed by atoms with Crippen LogP contribution in [-0.2, 0) is 0 Å². The average molecular weight is 306 g/mol. The molecule has 0 heterocycles. The molecular weight excluding hydrogens is 280 g/mol. The van der Waals surface area contributed by atoms with E-state index in [0.717, 1.165) is 17.6 Å². The predicted octanol–water partition coefficient (Wildman–Crippen LogP) is 6.21. The summed E-state index contributed by atoms with van der Waals surface area (Å²) in [4.78, 5) is 0. The van der Waals surface area contributed by atoms with Gasteiger partial charge in [0.2, 0.25) is 0 Å². The third kappa shape index (κ3) is 3.85. The molecule has 0 atom stereocenters. The first-order valence-electron chi connectivity index (χ1n) is 8.76. The zero-order chi connectivity index (χ0) is 16.1. The van der Waals surface area contributed by atoms with Crippen molar-refractivity contribution in [3.63, 3.8) is 0 Å². The molecule has 0 aromatic heterocycles. The summed E-state index contributed by atoms with van der Waals surface area (Å²) in [5, 5.41) is 0. The highest BCUT2D eigenvalue weighted by atomic mass is 16.5. The summed E-state index contributed by atoms with van der Waals surface area (Å²) in [7, 11) is 0. The van der Waals surface area contributed by atoms with Gasteiger partial charge in [-0.3, -0.25) is 0 Å². The summed E-state index contributed by atoms with van der Waals surface area (Å²) in [5.41, 5.74) is 4.01. The first-order chi connectivity index (χ1) is 11.3. The van der Waals surface area contributed by atoms with Crippen molar-refractivity contribution in [1.29, 1.82) is 0 Å². The third-order valence-corrected chi connectivity index (χ3v) is 4.99. The zero-order valence-electron chi connectivity index (χ0n) is 14.0. The standard InChI is InChI=1S/C22H26O/c1-3-17-5-7-18(8-6-17)19-9-11-20(12-10-19)21-13-15-22(16-14-21)23-4-2/h3,9-18H,1,4-8H2,2H3. The Labute approximate surface area is 140 Å². The molecule has 1 nitrogen and oxygen atoms in total. The summed E-state index contributed by atoms with van der Waals surface area (Å²) in [5.74, 6) is 2.39. The van der Waals surface area contributed by atoms with Crippen molar-refractivity contribution in [3.8, 4) is 16.9 Å². The Hall–Kier alpha value is -2.02. The maximum Gasteiger partial charge on any atom is 0.119 e. The molecule has 1 aliphatic rings. The summed E-state index contributed by atoms with van der Waals surface area (Å²) >= 11 is 0. The molecule has 23 heavy (non-hydrogen) atoms. The molecule has 0 N–H and O–H groups in total. The number of allylic oxidation sites excluding steroid dienone is 1. The third-order valence-electron chi connectivity index (χ3n) is 4.99. The Kier molecular flexibility index (Phi) is 5.17. The minimum atomic E-state index is 0.710. The Balaban J connectivity index is 1.68. The second kappa shape index (κ2) is 7.50. The Morgan fingerprint density at radius 3 is 2.00 bits per heavy atom. The second-order valence-electron chi connectivity index (χ2n) is 6.43. The summed E-state index contributed by atoms with van der Waals surface area (Å²) in [6.07, 6.45) is 7.28. The molecule has 2 aromatic carbocycles. The fourth-order valence-corrected chi connectivity index (χ4v) is 3.55. The van der Waals surface area contributed by atoms with Crippen LogP contribution in [-0.4, -0.2) is 6.61 Å². The van der Waals surface area contributed by atoms with Crippen LogP contribution in [0.4, 0.5) is 0 Å². The van der Waals surface area contributed by atoms with Gasteiger partial charge in [0.05, 0.1) is 6.61 Å². The molecule has 2 aromatic rings. The van der Waals surface area contributed by atoms with Crippen LogP contribution in [0.5, 0.6) is 5.75 Å². The highest BCUT2D eigenvalue weighted by Crippen LogP contribution is 2.36. The molecule has 0 saturated heterocycles. The van der Waals surface area contributed by atoms with Crippen LogP contribution in [0.15, 0.2) is 61.2 Å². The van der Waals surface area contributed by atoms with Crippen molar-refractivity contribution in [2.24, 2.45) is 5.92 Å². The van der Waals surface area contributed by atoms with Crippen LogP contribution in [0.2, 0.25) is 0 Å². The first kappa shape index (κ1) is 15.9. The number of benzene rings is 2. The summed E-state index contributed by atoms with van der Waals surface area (Å²) in [6.45, 7) is 6.66. The van der Waals surface area contributed by atoms with Crippen molar-refractivity contribution in [2.45, 2.75) is 38.5 Å². The van der Waals surface area contributed by atoms with Gasteiger partial charge in [-0.25, -0.2) is 0 Å². The van der Waals surface area contributed by atoms with E-state index in [1.807, 2.05) is 19.1 Å². The molecule has 1 fully saturated rings. The largest absolute Gasteiger partial charge is 0.494 e. The Morgan fingerprint density at radius 1 is 0.913 bits per heavy atom. The quantitative estimate of drug-likeness (QED) is 0.596. The maximum absolute atomic E-state index is 5.51. The fraction of sp³-hybridized carbons (Fsp3) is 0.364. The van der Waals surface area contributed by atoms with Gasteiger partial charge in [-0.1, -0.05) is 42.5 Å². The molecule has 0 amide bonds. The summed E-state index contributed by atoms with van der Waals surface area (Å²) < 4.78 is 5.51. The van der Waals surface area contributed by atoms with Gasteiger partial charge >= 0.3 is 0 Å². The topological polar surface area (TPSA) is 9.23 Å². The van der Waals surface area contributed by atoms with Gasteiger partial charge in [0.15, 0.2) is 0 Å². The van der Waals surface area contributed by atoms with Crippen molar-refractivity contribution in [1.82, 2.24) is 0 Å². The number of ether oxygens (including phenoxy) is 1. The van der Waals surface area contributed by atoms with Crippen LogP contribution < -0.4 is 4.74 Å². The molecule has 0 bridgehead atoms. The SMILES string of the molecule is C=CC1CCC(c2ccc(-c3ccc(OCC)cc3)cc2)CC1. The monoisotopic (exact) mass is 306 g/mol. The van der Waals surface area contributed by atoms with Crippen LogP contribution in [0.1, 0.15) is 44.1 Å². The second-order valence-corrected chi connectivity index (χ2v) is 6.43. The van der Waals surface area contributed by atoms with Crippen molar-refractivity contribution >= 4 is 0 Å². The molecule has 0 radical (unpaired) electrons. The predicted molar refractivity (Wildman–Crippen MR) is 97.9 cm³/mol. The van der Waals surface area contributed by atoms with Gasteiger partial charge in [-0.15, -0.1) is 6.58 Å². The molecule has 1 heteroatoms. The molecule has 0 aliphatic heterocycles. The van der Waals surface area contributed by atoms with Crippen LogP contribution in [0, 0.1) is 5.92 Å². The molecule has 1 saturated carbocycles. The highest BCUT2D eigenvalue weighted by Gasteiger charge is 2.20. The molecule has 3 rings (SSSR count). The molecule has 120 valence electrons. The lowest BCUT2D eigenvalue weighted by Gasteiger charge is -2.27. The van der Waals surface area contributed by atoms with Gasteiger partial charge in [0.1, 0.15) is 5.75 Å². The number of hydrogen-bond donors (Lipinski definition) is 0. The average Bonchev–Trinajstić information content (AvgIpc) is 2.63. The van der Waals surface area contributed by atoms with E-state index in [1.165, 1.54) is 42.4 Å². The smallest absolute Gasteiger partial charge is 0.119 e. The van der Waals surface area contributed by atoms with Gasteiger partial charge in [-0.05, 0) is 73.3 Å². The van der Waals surface area contributed by atoms with Crippen LogP contribution in [0.3, 0.4) is 0 Å². The summed E-state index contributed by atoms with van der Waals surface area (Å²) in [6, 6.07) is 17.5. The maximum atomic E-state index is 5.51. The van der Waals surface area contributed by atoms with Gasteiger partial charge in [0, 0.05) is 0 Å². The van der Waals surface area contributed by atoms with E-state index in [-0.39, 0.29) is 0 Å². The fourth-order valence-electron chi connectivity index (χ4n) is 3.55. The Bertz CT molecular complexity index is 616. The van der Waals surface area contributed by atoms with E-state index in [9.17, 15) is 0 Å². The van der Waals surface area contributed by atoms with E-state index >= 15 is 0 Å². The zero-order valence-corrected chi connectivity index (χ0v) is 14.0. The van der Waals surface area contributed by atoms with Crippen LogP contribution in [0.25, 0.3) is 11.1 Å². The van der Waals surface area contributed by atoms with E-state index in [1.54, 1.807) is 0 Å². The van der Waals surface area contributed by atoms with Gasteiger partial charge in [0.25, 0.3) is 0 Å². The minimum Gasteiger partial charge on any atom is -0.494 e. The minimum absolute atomic E-state index is 0.710.